The molecule has 0 radical (unpaired) electrons. The molecule has 0 aliphatic carbocycles. The molecule has 5 heteroatoms. The molecule has 122 valence electrons. The van der Waals surface area contributed by atoms with Gasteiger partial charge in [0, 0.05) is 28.2 Å². The van der Waals surface area contributed by atoms with Crippen molar-refractivity contribution in [2.24, 2.45) is 0 Å². The van der Waals surface area contributed by atoms with E-state index >= 15 is 0 Å². The van der Waals surface area contributed by atoms with Crippen LogP contribution in [0.25, 0.3) is 22.2 Å². The maximum absolute atomic E-state index is 12.4. The molecule has 4 rings (SSSR count). The molecule has 0 aliphatic heterocycles. The predicted molar refractivity (Wildman–Crippen MR) is 96.9 cm³/mol. The highest BCUT2D eigenvalue weighted by Crippen LogP contribution is 2.17. The molecule has 0 unspecified atom stereocenters. The first-order valence-corrected chi connectivity index (χ1v) is 8.01. The third-order valence-electron chi connectivity index (χ3n) is 4.04. The van der Waals surface area contributed by atoms with Gasteiger partial charge in [-0.25, -0.2) is 9.97 Å². The lowest BCUT2D eigenvalue weighted by Gasteiger charge is -2.07. The van der Waals surface area contributed by atoms with Crippen molar-refractivity contribution in [3.8, 4) is 11.3 Å². The van der Waals surface area contributed by atoms with E-state index in [1.165, 1.54) is 6.33 Å². The van der Waals surface area contributed by atoms with Gasteiger partial charge in [0.15, 0.2) is 0 Å². The number of hydrogen-bond donors (Lipinski definition) is 2. The first-order valence-electron chi connectivity index (χ1n) is 8.01. The highest BCUT2D eigenvalue weighted by molar-refractivity contribution is 5.98. The molecule has 0 fully saturated rings. The Kier molecular flexibility index (Phi) is 3.96. The van der Waals surface area contributed by atoms with Crippen LogP contribution in [0.5, 0.6) is 0 Å². The van der Waals surface area contributed by atoms with Crippen LogP contribution in [-0.2, 0) is 6.54 Å². The number of amides is 1. The van der Waals surface area contributed by atoms with Gasteiger partial charge in [0.25, 0.3) is 5.91 Å². The summed E-state index contributed by atoms with van der Waals surface area (Å²) in [5.41, 5.74) is 4.28. The molecule has 0 saturated heterocycles. The van der Waals surface area contributed by atoms with Crippen LogP contribution >= 0.6 is 0 Å². The average molecular weight is 328 g/mol. The van der Waals surface area contributed by atoms with Gasteiger partial charge in [-0.1, -0.05) is 30.3 Å². The topological polar surface area (TPSA) is 70.7 Å². The summed E-state index contributed by atoms with van der Waals surface area (Å²) in [5.74, 6) is -0.122. The maximum Gasteiger partial charge on any atom is 0.251 e. The number of fused-ring (bicyclic) bond motifs is 1. The SMILES string of the molecule is O=C(NCc1cc(-c2ccccc2)ncn1)c1ccc2[nH]ccc2c1. The Morgan fingerprint density at radius 3 is 2.76 bits per heavy atom. The summed E-state index contributed by atoms with van der Waals surface area (Å²) in [6.45, 7) is 0.354. The van der Waals surface area contributed by atoms with Crippen molar-refractivity contribution < 1.29 is 4.79 Å². The van der Waals surface area contributed by atoms with Crippen molar-refractivity contribution >= 4 is 16.8 Å². The van der Waals surface area contributed by atoms with E-state index in [2.05, 4.69) is 20.3 Å². The molecule has 4 aromatic rings. The molecule has 5 nitrogen and oxygen atoms in total. The predicted octanol–water partition coefficient (Wildman–Crippen LogP) is 3.55. The lowest BCUT2D eigenvalue weighted by atomic mass is 10.1. The molecule has 0 atom stereocenters. The normalized spacial score (nSPS) is 10.7. The number of carbonyl (C=O) groups excluding carboxylic acids is 1. The number of aromatic amines is 1. The second kappa shape index (κ2) is 6.57. The first kappa shape index (κ1) is 15.1. The van der Waals surface area contributed by atoms with Gasteiger partial charge in [0.1, 0.15) is 6.33 Å². The number of H-pyrrole nitrogens is 1. The molecule has 25 heavy (non-hydrogen) atoms. The average Bonchev–Trinajstić information content (AvgIpc) is 3.15. The molecule has 2 heterocycles. The van der Waals surface area contributed by atoms with Crippen LogP contribution in [0, 0.1) is 0 Å². The van der Waals surface area contributed by atoms with Crippen LogP contribution in [-0.4, -0.2) is 20.9 Å². The molecule has 0 aliphatic rings. The third-order valence-corrected chi connectivity index (χ3v) is 4.04. The second-order valence-corrected chi connectivity index (χ2v) is 5.72. The Morgan fingerprint density at radius 1 is 1.00 bits per heavy atom. The van der Waals surface area contributed by atoms with Crippen LogP contribution in [0.2, 0.25) is 0 Å². The molecule has 0 bridgehead atoms. The number of nitrogens with zero attached hydrogens (tertiary/aromatic N) is 2. The van der Waals surface area contributed by atoms with Crippen molar-refractivity contribution in [3.05, 3.63) is 84.4 Å². The van der Waals surface area contributed by atoms with E-state index in [4.69, 9.17) is 0 Å². The summed E-state index contributed by atoms with van der Waals surface area (Å²) in [6, 6.07) is 19.3. The standard InChI is InChI=1S/C20H16N4O/c25-20(16-6-7-18-15(10-16)8-9-21-18)22-12-17-11-19(24-13-23-17)14-4-2-1-3-5-14/h1-11,13,21H,12H2,(H,22,25). The molecule has 0 spiro atoms. The Labute approximate surface area is 144 Å². The van der Waals surface area contributed by atoms with Gasteiger partial charge in [-0.05, 0) is 30.3 Å². The van der Waals surface area contributed by atoms with Gasteiger partial charge >= 0.3 is 0 Å². The summed E-state index contributed by atoms with van der Waals surface area (Å²) < 4.78 is 0. The van der Waals surface area contributed by atoms with Gasteiger partial charge in [0.05, 0.1) is 17.9 Å². The largest absolute Gasteiger partial charge is 0.361 e. The molecule has 2 aromatic heterocycles. The van der Waals surface area contributed by atoms with E-state index in [0.29, 0.717) is 12.1 Å². The van der Waals surface area contributed by atoms with E-state index in [9.17, 15) is 4.79 Å². The van der Waals surface area contributed by atoms with Crippen molar-refractivity contribution in [3.63, 3.8) is 0 Å². The number of hydrogen-bond acceptors (Lipinski definition) is 3. The fourth-order valence-electron chi connectivity index (χ4n) is 2.73. The Bertz CT molecular complexity index is 1020. The molecule has 1 amide bonds. The lowest BCUT2D eigenvalue weighted by Crippen LogP contribution is -2.23. The summed E-state index contributed by atoms with van der Waals surface area (Å²) >= 11 is 0. The molecular weight excluding hydrogens is 312 g/mol. The monoisotopic (exact) mass is 328 g/mol. The Morgan fingerprint density at radius 2 is 1.88 bits per heavy atom. The fourth-order valence-corrected chi connectivity index (χ4v) is 2.73. The second-order valence-electron chi connectivity index (χ2n) is 5.72. The van der Waals surface area contributed by atoms with E-state index < -0.39 is 0 Å². The summed E-state index contributed by atoms with van der Waals surface area (Å²) in [5, 5.41) is 3.93. The van der Waals surface area contributed by atoms with Crippen molar-refractivity contribution in [1.29, 1.82) is 0 Å². The van der Waals surface area contributed by atoms with Crippen LogP contribution < -0.4 is 5.32 Å². The summed E-state index contributed by atoms with van der Waals surface area (Å²) in [7, 11) is 0. The van der Waals surface area contributed by atoms with Crippen LogP contribution in [0.1, 0.15) is 16.1 Å². The quantitative estimate of drug-likeness (QED) is 0.602. The van der Waals surface area contributed by atoms with Gasteiger partial charge in [-0.15, -0.1) is 0 Å². The molecular formula is C20H16N4O. The Balaban J connectivity index is 1.48. The minimum atomic E-state index is -0.122. The Hall–Kier alpha value is -3.47. The smallest absolute Gasteiger partial charge is 0.251 e. The maximum atomic E-state index is 12.4. The van der Waals surface area contributed by atoms with E-state index in [1.807, 2.05) is 66.9 Å². The van der Waals surface area contributed by atoms with E-state index in [0.717, 1.165) is 27.9 Å². The van der Waals surface area contributed by atoms with E-state index in [1.54, 1.807) is 0 Å². The third kappa shape index (κ3) is 3.26. The van der Waals surface area contributed by atoms with Gasteiger partial charge in [-0.3, -0.25) is 4.79 Å². The van der Waals surface area contributed by atoms with Crippen LogP contribution in [0.3, 0.4) is 0 Å². The highest BCUT2D eigenvalue weighted by Gasteiger charge is 2.08. The zero-order valence-corrected chi connectivity index (χ0v) is 13.4. The zero-order valence-electron chi connectivity index (χ0n) is 13.4. The zero-order chi connectivity index (χ0) is 17.1. The fraction of sp³-hybridized carbons (Fsp3) is 0.0500. The van der Waals surface area contributed by atoms with Gasteiger partial charge in [0.2, 0.25) is 0 Å². The summed E-state index contributed by atoms with van der Waals surface area (Å²) in [6.07, 6.45) is 3.38. The van der Waals surface area contributed by atoms with Crippen molar-refractivity contribution in [2.45, 2.75) is 6.54 Å². The number of carbonyl (C=O) groups is 1. The van der Waals surface area contributed by atoms with Gasteiger partial charge in [-0.2, -0.15) is 0 Å². The van der Waals surface area contributed by atoms with Crippen LogP contribution in [0.15, 0.2) is 73.2 Å². The highest BCUT2D eigenvalue weighted by atomic mass is 16.1. The number of aromatic nitrogens is 3. The molecule has 2 aromatic carbocycles. The number of rotatable bonds is 4. The van der Waals surface area contributed by atoms with E-state index in [-0.39, 0.29) is 5.91 Å². The summed E-state index contributed by atoms with van der Waals surface area (Å²) in [4.78, 5) is 24.0. The van der Waals surface area contributed by atoms with Crippen molar-refractivity contribution in [2.75, 3.05) is 0 Å². The number of benzene rings is 2. The lowest BCUT2D eigenvalue weighted by molar-refractivity contribution is 0.0950. The molecule has 0 saturated carbocycles. The van der Waals surface area contributed by atoms with Crippen molar-refractivity contribution in [1.82, 2.24) is 20.3 Å². The molecule has 2 N–H and O–H groups in total. The minimum Gasteiger partial charge on any atom is -0.361 e. The number of nitrogens with one attached hydrogen (secondary N) is 2. The van der Waals surface area contributed by atoms with Gasteiger partial charge < -0.3 is 10.3 Å². The van der Waals surface area contributed by atoms with Crippen LogP contribution in [0.4, 0.5) is 0 Å². The minimum absolute atomic E-state index is 0.122. The first-order chi connectivity index (χ1) is 12.3.